The van der Waals surface area contributed by atoms with Crippen molar-refractivity contribution in [2.45, 2.75) is 37.9 Å². The second-order valence-electron chi connectivity index (χ2n) is 2.89. The Balaban J connectivity index is 2.44. The zero-order chi connectivity index (χ0) is 6.20. The van der Waals surface area contributed by atoms with Crippen LogP contribution in [-0.4, -0.2) is 21.9 Å². The van der Waals surface area contributed by atoms with Gasteiger partial charge in [-0.3, -0.25) is 0 Å². The summed E-state index contributed by atoms with van der Waals surface area (Å²) in [5.41, 5.74) is -0.584. The number of aliphatic hydroxyl groups excluding tert-OH is 1. The molecule has 1 aliphatic rings. The van der Waals surface area contributed by atoms with Gasteiger partial charge in [-0.15, -0.1) is 0 Å². The molecule has 0 radical (unpaired) electrons. The summed E-state index contributed by atoms with van der Waals surface area (Å²) < 4.78 is 0. The van der Waals surface area contributed by atoms with Gasteiger partial charge in [0.1, 0.15) is 0 Å². The molecule has 48 valence electrons. The zero-order valence-electron chi connectivity index (χ0n) is 5.09. The Bertz CT molecular complexity index is 88.5. The van der Waals surface area contributed by atoms with Gasteiger partial charge in [-0.1, -0.05) is 0 Å². The van der Waals surface area contributed by atoms with E-state index in [0.29, 0.717) is 6.42 Å². The normalized spacial score (nSPS) is 47.6. The Morgan fingerprint density at radius 3 is 2.38 bits per heavy atom. The lowest BCUT2D eigenvalue weighted by atomic mass is 10.1. The van der Waals surface area contributed by atoms with Crippen LogP contribution in [0.1, 0.15) is 26.2 Å². The average Bonchev–Trinajstić information content (AvgIpc) is 1.82. The highest BCUT2D eigenvalue weighted by Crippen LogP contribution is 2.28. The maximum atomic E-state index is 9.20. The third-order valence-electron chi connectivity index (χ3n) is 1.69. The van der Waals surface area contributed by atoms with Gasteiger partial charge in [-0.25, -0.2) is 0 Å². The quantitative estimate of drug-likeness (QED) is 0.477. The van der Waals surface area contributed by atoms with E-state index in [-0.39, 0.29) is 6.10 Å². The summed E-state index contributed by atoms with van der Waals surface area (Å²) in [6.07, 6.45) is 1.79. The second kappa shape index (κ2) is 1.71. The van der Waals surface area contributed by atoms with E-state index in [2.05, 4.69) is 0 Å². The number of rotatable bonds is 0. The van der Waals surface area contributed by atoms with Crippen LogP contribution in [0.4, 0.5) is 0 Å². The molecule has 8 heavy (non-hydrogen) atoms. The summed E-state index contributed by atoms with van der Waals surface area (Å²) in [6, 6.07) is 0. The molecule has 0 bridgehead atoms. The molecule has 0 unspecified atom stereocenters. The molecule has 1 saturated carbocycles. The molecule has 1 aliphatic carbocycles. The van der Waals surface area contributed by atoms with Crippen molar-refractivity contribution < 1.29 is 10.2 Å². The third kappa shape index (κ3) is 1.20. The fourth-order valence-electron chi connectivity index (χ4n) is 1.19. The molecular formula is C6H12O2. The predicted octanol–water partition coefficient (Wildman–Crippen LogP) is 0.282. The molecule has 0 amide bonds. The minimum absolute atomic E-state index is 0.259. The van der Waals surface area contributed by atoms with E-state index < -0.39 is 5.60 Å². The predicted molar refractivity (Wildman–Crippen MR) is 30.5 cm³/mol. The Kier molecular flexibility index (Phi) is 1.29. The maximum absolute atomic E-state index is 9.20. The maximum Gasteiger partial charge on any atom is 0.0645 e. The van der Waals surface area contributed by atoms with Crippen molar-refractivity contribution in [2.75, 3.05) is 0 Å². The Labute approximate surface area is 49.1 Å². The molecule has 2 heteroatoms. The molecule has 0 aromatic heterocycles. The van der Waals surface area contributed by atoms with Gasteiger partial charge in [0.2, 0.25) is 0 Å². The number of hydrogen-bond acceptors (Lipinski definition) is 2. The highest BCUT2D eigenvalue weighted by atomic mass is 16.3. The van der Waals surface area contributed by atoms with Crippen molar-refractivity contribution >= 4 is 0 Å². The van der Waals surface area contributed by atoms with Crippen LogP contribution in [0.25, 0.3) is 0 Å². The molecule has 0 aromatic rings. The first kappa shape index (κ1) is 6.05. The van der Waals surface area contributed by atoms with E-state index in [4.69, 9.17) is 5.11 Å². The van der Waals surface area contributed by atoms with Crippen LogP contribution in [0.2, 0.25) is 0 Å². The van der Waals surface area contributed by atoms with Crippen molar-refractivity contribution in [3.8, 4) is 0 Å². The standard InChI is InChI=1S/C6H12O2/c1-6(8)3-2-5(7)4-6/h5,7-8H,2-4H2,1H3/t5-,6-/m1/s1. The Morgan fingerprint density at radius 1 is 1.62 bits per heavy atom. The van der Waals surface area contributed by atoms with E-state index in [0.717, 1.165) is 12.8 Å². The van der Waals surface area contributed by atoms with Crippen molar-refractivity contribution in [1.82, 2.24) is 0 Å². The van der Waals surface area contributed by atoms with E-state index in [1.54, 1.807) is 6.92 Å². The first-order valence-corrected chi connectivity index (χ1v) is 3.01. The molecule has 0 spiro atoms. The van der Waals surface area contributed by atoms with Crippen LogP contribution in [0, 0.1) is 0 Å². The topological polar surface area (TPSA) is 40.5 Å². The summed E-state index contributed by atoms with van der Waals surface area (Å²) in [5.74, 6) is 0. The summed E-state index contributed by atoms with van der Waals surface area (Å²) in [6.45, 7) is 1.77. The van der Waals surface area contributed by atoms with Crippen molar-refractivity contribution in [1.29, 1.82) is 0 Å². The first-order chi connectivity index (χ1) is 3.60. The molecule has 1 fully saturated rings. The van der Waals surface area contributed by atoms with Gasteiger partial charge in [0.25, 0.3) is 0 Å². The summed E-state index contributed by atoms with van der Waals surface area (Å²) in [4.78, 5) is 0. The summed E-state index contributed by atoms with van der Waals surface area (Å²) in [5, 5.41) is 18.1. The fourth-order valence-corrected chi connectivity index (χ4v) is 1.19. The molecule has 0 heterocycles. The largest absolute Gasteiger partial charge is 0.393 e. The van der Waals surface area contributed by atoms with E-state index in [1.807, 2.05) is 0 Å². The Hall–Kier alpha value is -0.0800. The van der Waals surface area contributed by atoms with Gasteiger partial charge in [0.05, 0.1) is 11.7 Å². The van der Waals surface area contributed by atoms with Crippen LogP contribution in [0.3, 0.4) is 0 Å². The van der Waals surface area contributed by atoms with Gasteiger partial charge in [-0.05, 0) is 19.8 Å². The van der Waals surface area contributed by atoms with Gasteiger partial charge < -0.3 is 10.2 Å². The second-order valence-corrected chi connectivity index (χ2v) is 2.89. The molecule has 2 atom stereocenters. The highest BCUT2D eigenvalue weighted by molar-refractivity contribution is 4.84. The van der Waals surface area contributed by atoms with Crippen LogP contribution in [0.15, 0.2) is 0 Å². The van der Waals surface area contributed by atoms with Gasteiger partial charge in [0, 0.05) is 6.42 Å². The lowest BCUT2D eigenvalue weighted by Gasteiger charge is -2.13. The smallest absolute Gasteiger partial charge is 0.0645 e. The average molecular weight is 116 g/mol. The molecule has 1 rings (SSSR count). The molecule has 2 nitrogen and oxygen atoms in total. The van der Waals surface area contributed by atoms with Crippen molar-refractivity contribution in [3.05, 3.63) is 0 Å². The van der Waals surface area contributed by atoms with E-state index in [9.17, 15) is 5.11 Å². The minimum Gasteiger partial charge on any atom is -0.393 e. The van der Waals surface area contributed by atoms with Crippen LogP contribution in [0.5, 0.6) is 0 Å². The Morgan fingerprint density at radius 2 is 2.25 bits per heavy atom. The molecule has 0 aliphatic heterocycles. The van der Waals surface area contributed by atoms with Gasteiger partial charge in [-0.2, -0.15) is 0 Å². The molecule has 0 aromatic carbocycles. The fraction of sp³-hybridized carbons (Fsp3) is 1.00. The van der Waals surface area contributed by atoms with Gasteiger partial charge in [0.15, 0.2) is 0 Å². The summed E-state index contributed by atoms with van der Waals surface area (Å²) in [7, 11) is 0. The van der Waals surface area contributed by atoms with Crippen LogP contribution >= 0.6 is 0 Å². The monoisotopic (exact) mass is 116 g/mol. The van der Waals surface area contributed by atoms with Crippen molar-refractivity contribution in [3.63, 3.8) is 0 Å². The van der Waals surface area contributed by atoms with Crippen LogP contribution in [-0.2, 0) is 0 Å². The van der Waals surface area contributed by atoms with Gasteiger partial charge >= 0.3 is 0 Å². The molecule has 0 saturated heterocycles. The number of hydrogen-bond donors (Lipinski definition) is 2. The highest BCUT2D eigenvalue weighted by Gasteiger charge is 2.31. The number of aliphatic hydroxyl groups is 2. The zero-order valence-corrected chi connectivity index (χ0v) is 5.09. The SMILES string of the molecule is C[C@@]1(O)CC[C@@H](O)C1. The van der Waals surface area contributed by atoms with E-state index in [1.165, 1.54) is 0 Å². The lowest BCUT2D eigenvalue weighted by molar-refractivity contribution is 0.0505. The third-order valence-corrected chi connectivity index (χ3v) is 1.69. The van der Waals surface area contributed by atoms with E-state index >= 15 is 0 Å². The molecule has 2 N–H and O–H groups in total. The van der Waals surface area contributed by atoms with Crippen molar-refractivity contribution in [2.24, 2.45) is 0 Å². The first-order valence-electron chi connectivity index (χ1n) is 3.01. The minimum atomic E-state index is -0.584. The lowest BCUT2D eigenvalue weighted by Crippen LogP contribution is -2.19. The molecular weight excluding hydrogens is 104 g/mol. The summed E-state index contributed by atoms with van der Waals surface area (Å²) >= 11 is 0. The van der Waals surface area contributed by atoms with Crippen LogP contribution < -0.4 is 0 Å².